The lowest BCUT2D eigenvalue weighted by atomic mass is 10.0. The topological polar surface area (TPSA) is 82.8 Å². The summed E-state index contributed by atoms with van der Waals surface area (Å²) >= 11 is 0. The van der Waals surface area contributed by atoms with Crippen LogP contribution < -0.4 is 0 Å². The highest BCUT2D eigenvalue weighted by molar-refractivity contribution is 5.16. The molecule has 0 amide bonds. The van der Waals surface area contributed by atoms with Crippen LogP contribution in [0.1, 0.15) is 11.7 Å². The summed E-state index contributed by atoms with van der Waals surface area (Å²) in [5.41, 5.74) is 0.694. The third-order valence-electron chi connectivity index (χ3n) is 2.56. The van der Waals surface area contributed by atoms with Gasteiger partial charge in [-0.05, 0) is 6.07 Å². The molecule has 0 saturated carbocycles. The molecule has 1 fully saturated rings. The first-order valence-electron chi connectivity index (χ1n) is 4.76. The molecule has 0 unspecified atom stereocenters. The fraction of sp³-hybridized carbons (Fsp3) is 0.500. The number of rotatable bonds is 2. The lowest BCUT2D eigenvalue weighted by Crippen LogP contribution is -2.32. The molecule has 0 spiro atoms. The van der Waals surface area contributed by atoms with E-state index in [-0.39, 0.29) is 6.61 Å². The molecule has 1 saturated heterocycles. The smallest absolute Gasteiger partial charge is 0.113 e. The van der Waals surface area contributed by atoms with Gasteiger partial charge in [0.1, 0.15) is 24.4 Å². The number of ether oxygens (including phenoxy) is 1. The predicted octanol–water partition coefficient (Wildman–Crippen LogP) is -0.764. The van der Waals surface area contributed by atoms with Crippen molar-refractivity contribution in [1.29, 1.82) is 0 Å². The number of aliphatic hydroxyl groups is 3. The summed E-state index contributed by atoms with van der Waals surface area (Å²) in [6, 6.07) is 3.48. The van der Waals surface area contributed by atoms with Gasteiger partial charge in [-0.2, -0.15) is 0 Å². The molecule has 1 aromatic rings. The van der Waals surface area contributed by atoms with E-state index < -0.39 is 24.4 Å². The van der Waals surface area contributed by atoms with Crippen LogP contribution in [0.5, 0.6) is 0 Å². The van der Waals surface area contributed by atoms with E-state index in [1.807, 2.05) is 0 Å². The molecule has 1 aromatic heterocycles. The molecule has 2 heterocycles. The van der Waals surface area contributed by atoms with E-state index in [2.05, 4.69) is 4.98 Å². The summed E-state index contributed by atoms with van der Waals surface area (Å²) in [5.74, 6) is 0. The van der Waals surface area contributed by atoms with Gasteiger partial charge in [-0.1, -0.05) is 6.07 Å². The molecule has 0 bridgehead atoms. The fourth-order valence-electron chi connectivity index (χ4n) is 1.72. The van der Waals surface area contributed by atoms with E-state index in [0.29, 0.717) is 5.56 Å². The van der Waals surface area contributed by atoms with Crippen molar-refractivity contribution in [3.63, 3.8) is 0 Å². The molecular formula is C10H13NO4. The minimum atomic E-state index is -1.06. The molecule has 0 aliphatic carbocycles. The average Bonchev–Trinajstić information content (AvgIpc) is 2.57. The van der Waals surface area contributed by atoms with Gasteiger partial charge in [0.15, 0.2) is 0 Å². The quantitative estimate of drug-likeness (QED) is 0.598. The van der Waals surface area contributed by atoms with Crippen molar-refractivity contribution in [2.24, 2.45) is 0 Å². The maximum atomic E-state index is 9.70. The lowest BCUT2D eigenvalue weighted by molar-refractivity contribution is -0.0228. The molecule has 82 valence electrons. The first-order chi connectivity index (χ1) is 7.24. The number of aromatic nitrogens is 1. The van der Waals surface area contributed by atoms with Crippen molar-refractivity contribution < 1.29 is 20.1 Å². The number of aliphatic hydroxyl groups excluding tert-OH is 3. The summed E-state index contributed by atoms with van der Waals surface area (Å²) in [5, 5.41) is 28.1. The van der Waals surface area contributed by atoms with Gasteiger partial charge in [-0.25, -0.2) is 0 Å². The largest absolute Gasteiger partial charge is 0.394 e. The highest BCUT2D eigenvalue weighted by Crippen LogP contribution is 2.32. The Labute approximate surface area is 87.0 Å². The third-order valence-corrected chi connectivity index (χ3v) is 2.56. The molecule has 1 aliphatic heterocycles. The number of pyridine rings is 1. The van der Waals surface area contributed by atoms with Crippen molar-refractivity contribution in [3.8, 4) is 0 Å². The Morgan fingerprint density at radius 3 is 2.67 bits per heavy atom. The molecule has 3 N–H and O–H groups in total. The number of hydrogen-bond acceptors (Lipinski definition) is 5. The van der Waals surface area contributed by atoms with Crippen LogP contribution in [0.25, 0.3) is 0 Å². The van der Waals surface area contributed by atoms with Crippen LogP contribution in [0.3, 0.4) is 0 Å². The van der Waals surface area contributed by atoms with Gasteiger partial charge in [0.2, 0.25) is 0 Å². The minimum Gasteiger partial charge on any atom is -0.394 e. The predicted molar refractivity (Wildman–Crippen MR) is 51.0 cm³/mol. The SMILES string of the molecule is OC[C@H]1O[C@H](c2cccnc2)[C@H](O)[C@@H]1O. The Kier molecular flexibility index (Phi) is 2.97. The van der Waals surface area contributed by atoms with Gasteiger partial charge >= 0.3 is 0 Å². The van der Waals surface area contributed by atoms with Crippen molar-refractivity contribution in [1.82, 2.24) is 4.98 Å². The number of hydrogen-bond donors (Lipinski definition) is 3. The fourth-order valence-corrected chi connectivity index (χ4v) is 1.72. The van der Waals surface area contributed by atoms with E-state index in [9.17, 15) is 10.2 Å². The molecular weight excluding hydrogens is 198 g/mol. The Hall–Kier alpha value is -1.01. The summed E-state index contributed by atoms with van der Waals surface area (Å²) < 4.78 is 5.33. The molecule has 4 atom stereocenters. The van der Waals surface area contributed by atoms with E-state index >= 15 is 0 Å². The van der Waals surface area contributed by atoms with Gasteiger partial charge in [0.25, 0.3) is 0 Å². The van der Waals surface area contributed by atoms with Crippen molar-refractivity contribution in [2.75, 3.05) is 6.61 Å². The maximum absolute atomic E-state index is 9.70. The Bertz CT molecular complexity index is 318. The van der Waals surface area contributed by atoms with Crippen LogP contribution in [-0.2, 0) is 4.74 Å². The Morgan fingerprint density at radius 2 is 2.13 bits per heavy atom. The van der Waals surface area contributed by atoms with Crippen LogP contribution in [0.4, 0.5) is 0 Å². The summed E-state index contributed by atoms with van der Waals surface area (Å²) in [6.07, 6.45) is -0.242. The van der Waals surface area contributed by atoms with Crippen LogP contribution in [0, 0.1) is 0 Å². The summed E-state index contributed by atoms with van der Waals surface area (Å²) in [4.78, 5) is 3.90. The molecule has 5 nitrogen and oxygen atoms in total. The van der Waals surface area contributed by atoms with E-state index in [4.69, 9.17) is 9.84 Å². The zero-order valence-electron chi connectivity index (χ0n) is 8.02. The van der Waals surface area contributed by atoms with Gasteiger partial charge in [-0.3, -0.25) is 4.98 Å². The second kappa shape index (κ2) is 4.24. The molecule has 0 aromatic carbocycles. The third kappa shape index (κ3) is 1.87. The second-order valence-corrected chi connectivity index (χ2v) is 3.55. The van der Waals surface area contributed by atoms with E-state index in [1.54, 1.807) is 24.5 Å². The van der Waals surface area contributed by atoms with Crippen LogP contribution in [-0.4, -0.2) is 45.2 Å². The maximum Gasteiger partial charge on any atom is 0.113 e. The minimum absolute atomic E-state index is 0.311. The summed E-state index contributed by atoms with van der Waals surface area (Å²) in [7, 11) is 0. The second-order valence-electron chi connectivity index (χ2n) is 3.55. The van der Waals surface area contributed by atoms with E-state index in [1.165, 1.54) is 0 Å². The summed E-state index contributed by atoms with van der Waals surface area (Å²) in [6.45, 7) is -0.311. The Balaban J connectivity index is 2.19. The van der Waals surface area contributed by atoms with Crippen molar-refractivity contribution in [3.05, 3.63) is 30.1 Å². The molecule has 5 heteroatoms. The van der Waals surface area contributed by atoms with Gasteiger partial charge in [0, 0.05) is 18.0 Å². The highest BCUT2D eigenvalue weighted by Gasteiger charge is 2.42. The molecule has 0 radical (unpaired) electrons. The lowest BCUT2D eigenvalue weighted by Gasteiger charge is -2.13. The molecule has 2 rings (SSSR count). The normalized spacial score (nSPS) is 35.7. The van der Waals surface area contributed by atoms with Gasteiger partial charge < -0.3 is 20.1 Å². The van der Waals surface area contributed by atoms with Crippen LogP contribution in [0.2, 0.25) is 0 Å². The van der Waals surface area contributed by atoms with Crippen LogP contribution in [0.15, 0.2) is 24.5 Å². The molecule has 15 heavy (non-hydrogen) atoms. The monoisotopic (exact) mass is 211 g/mol. The zero-order valence-corrected chi connectivity index (χ0v) is 8.02. The average molecular weight is 211 g/mol. The van der Waals surface area contributed by atoms with E-state index in [0.717, 1.165) is 0 Å². The number of nitrogens with zero attached hydrogens (tertiary/aromatic N) is 1. The van der Waals surface area contributed by atoms with Crippen molar-refractivity contribution in [2.45, 2.75) is 24.4 Å². The highest BCUT2D eigenvalue weighted by atomic mass is 16.6. The van der Waals surface area contributed by atoms with Crippen LogP contribution >= 0.6 is 0 Å². The van der Waals surface area contributed by atoms with Crippen molar-refractivity contribution >= 4 is 0 Å². The first kappa shape index (κ1) is 10.5. The zero-order chi connectivity index (χ0) is 10.8. The van der Waals surface area contributed by atoms with Gasteiger partial charge in [-0.15, -0.1) is 0 Å². The Morgan fingerprint density at radius 1 is 1.33 bits per heavy atom. The first-order valence-corrected chi connectivity index (χ1v) is 4.76. The van der Waals surface area contributed by atoms with Gasteiger partial charge in [0.05, 0.1) is 6.61 Å². The molecule has 1 aliphatic rings. The standard InChI is InChI=1S/C10H13NO4/c12-5-7-8(13)9(14)10(15-7)6-2-1-3-11-4-6/h1-4,7-10,12-14H,5H2/t7-,8-,9-,10-/m1/s1.